The summed E-state index contributed by atoms with van der Waals surface area (Å²) >= 11 is 3.36. The monoisotopic (exact) mass is 366 g/mol. The normalized spacial score (nSPS) is 10.8. The lowest BCUT2D eigenvalue weighted by molar-refractivity contribution is 1.09. The molecule has 0 saturated heterocycles. The summed E-state index contributed by atoms with van der Waals surface area (Å²) in [5, 5.41) is 11.2. The Hall–Kier alpha value is -2.80. The Labute approximate surface area is 140 Å². The Bertz CT molecular complexity index is 964. The Kier molecular flexibility index (Phi) is 3.47. The van der Waals surface area contributed by atoms with E-state index in [1.165, 1.54) is 0 Å². The summed E-state index contributed by atoms with van der Waals surface area (Å²) < 4.78 is 0.918. The van der Waals surface area contributed by atoms with E-state index in [0.29, 0.717) is 11.8 Å². The van der Waals surface area contributed by atoms with Gasteiger partial charge in [0.25, 0.3) is 0 Å². The van der Waals surface area contributed by atoms with Gasteiger partial charge in [-0.1, -0.05) is 18.2 Å². The van der Waals surface area contributed by atoms with Crippen LogP contribution in [0, 0.1) is 0 Å². The number of fused-ring (bicyclic) bond motifs is 1. The second-order valence-corrected chi connectivity index (χ2v) is 5.83. The summed E-state index contributed by atoms with van der Waals surface area (Å²) in [4.78, 5) is 13.1. The topological polar surface area (TPSA) is 79.4 Å². The number of hydrogen-bond acceptors (Lipinski definition) is 5. The van der Waals surface area contributed by atoms with Crippen LogP contribution in [0.5, 0.6) is 0 Å². The number of aromatic nitrogens is 5. The molecule has 23 heavy (non-hydrogen) atoms. The van der Waals surface area contributed by atoms with E-state index < -0.39 is 0 Å². The predicted octanol–water partition coefficient (Wildman–Crippen LogP) is 3.92. The Morgan fingerprint density at radius 3 is 2.78 bits per heavy atom. The Balaban J connectivity index is 1.60. The predicted molar refractivity (Wildman–Crippen MR) is 92.3 cm³/mol. The summed E-state index contributed by atoms with van der Waals surface area (Å²) in [5.41, 5.74) is 2.51. The van der Waals surface area contributed by atoms with Crippen LogP contribution in [-0.2, 0) is 0 Å². The molecule has 0 aliphatic rings. The average Bonchev–Trinajstić information content (AvgIpc) is 3.04. The van der Waals surface area contributed by atoms with Gasteiger partial charge in [0.05, 0.1) is 17.4 Å². The fourth-order valence-electron chi connectivity index (χ4n) is 2.22. The number of hydrogen-bond donors (Lipinski definition) is 2. The zero-order valence-electron chi connectivity index (χ0n) is 11.9. The van der Waals surface area contributed by atoms with E-state index in [1.54, 1.807) is 12.4 Å². The summed E-state index contributed by atoms with van der Waals surface area (Å²) in [6.07, 6.45) is 3.48. The number of halogens is 1. The highest BCUT2D eigenvalue weighted by molar-refractivity contribution is 9.10. The first-order valence-electron chi connectivity index (χ1n) is 6.94. The van der Waals surface area contributed by atoms with Crippen molar-refractivity contribution < 1.29 is 0 Å². The van der Waals surface area contributed by atoms with E-state index in [0.717, 1.165) is 26.8 Å². The third kappa shape index (κ3) is 2.91. The second-order valence-electron chi connectivity index (χ2n) is 4.91. The van der Waals surface area contributed by atoms with Gasteiger partial charge in [-0.2, -0.15) is 4.98 Å². The molecule has 2 N–H and O–H groups in total. The summed E-state index contributed by atoms with van der Waals surface area (Å²) in [5.74, 6) is 1.08. The molecular weight excluding hydrogens is 356 g/mol. The number of nitrogens with one attached hydrogen (secondary N) is 2. The molecule has 0 radical (unpaired) electrons. The number of pyridine rings is 2. The molecule has 0 spiro atoms. The van der Waals surface area contributed by atoms with E-state index in [9.17, 15) is 0 Å². The first kappa shape index (κ1) is 13.8. The largest absolute Gasteiger partial charge is 0.321 e. The molecule has 0 bridgehead atoms. The molecule has 6 nitrogen and oxygen atoms in total. The molecule has 0 aliphatic carbocycles. The molecule has 0 atom stereocenters. The van der Waals surface area contributed by atoms with Gasteiger partial charge < -0.3 is 5.32 Å². The van der Waals surface area contributed by atoms with Crippen LogP contribution in [-0.4, -0.2) is 25.1 Å². The Morgan fingerprint density at radius 1 is 1.00 bits per heavy atom. The van der Waals surface area contributed by atoms with Crippen molar-refractivity contribution in [2.75, 3.05) is 5.32 Å². The molecule has 0 fully saturated rings. The maximum absolute atomic E-state index is 4.41. The first-order valence-corrected chi connectivity index (χ1v) is 7.73. The van der Waals surface area contributed by atoms with Crippen molar-refractivity contribution in [3.05, 3.63) is 59.3 Å². The van der Waals surface area contributed by atoms with Crippen LogP contribution in [0.3, 0.4) is 0 Å². The van der Waals surface area contributed by atoms with Gasteiger partial charge in [-0.05, 0) is 40.2 Å². The van der Waals surface area contributed by atoms with Crippen molar-refractivity contribution in [3.63, 3.8) is 0 Å². The van der Waals surface area contributed by atoms with E-state index in [-0.39, 0.29) is 0 Å². The number of rotatable bonds is 3. The molecule has 0 unspecified atom stereocenters. The number of aromatic amines is 1. The number of H-pyrrole nitrogens is 1. The van der Waals surface area contributed by atoms with Crippen LogP contribution in [0.2, 0.25) is 0 Å². The number of anilines is 2. The van der Waals surface area contributed by atoms with Crippen molar-refractivity contribution in [2.24, 2.45) is 0 Å². The SMILES string of the molecule is Brc1ccc(-c2nc(Nc3cnc4ccccc4c3)n[nH]2)nc1. The molecule has 4 aromatic rings. The molecule has 7 heteroatoms. The minimum atomic E-state index is 0.474. The smallest absolute Gasteiger partial charge is 0.246 e. The highest BCUT2D eigenvalue weighted by Gasteiger charge is 2.07. The van der Waals surface area contributed by atoms with Crippen molar-refractivity contribution in [1.82, 2.24) is 25.1 Å². The molecule has 112 valence electrons. The standard InChI is InChI=1S/C16H11BrN6/c17-11-5-6-14(18-8-11)15-21-16(23-22-15)20-12-7-10-3-1-2-4-13(10)19-9-12/h1-9H,(H2,20,21,22,23). The summed E-state index contributed by atoms with van der Waals surface area (Å²) in [7, 11) is 0. The van der Waals surface area contributed by atoms with Gasteiger partial charge >= 0.3 is 0 Å². The van der Waals surface area contributed by atoms with E-state index in [2.05, 4.69) is 46.4 Å². The highest BCUT2D eigenvalue weighted by atomic mass is 79.9. The number of nitrogens with zero attached hydrogens (tertiary/aromatic N) is 4. The lowest BCUT2D eigenvalue weighted by Crippen LogP contribution is -1.93. The third-order valence-corrected chi connectivity index (χ3v) is 3.77. The van der Waals surface area contributed by atoms with Crippen LogP contribution < -0.4 is 5.32 Å². The van der Waals surface area contributed by atoms with Crippen LogP contribution in [0.1, 0.15) is 0 Å². The summed E-state index contributed by atoms with van der Waals surface area (Å²) in [6.45, 7) is 0. The molecule has 3 heterocycles. The average molecular weight is 367 g/mol. The molecule has 0 amide bonds. The fourth-order valence-corrected chi connectivity index (χ4v) is 2.45. The van der Waals surface area contributed by atoms with Crippen LogP contribution in [0.25, 0.3) is 22.4 Å². The van der Waals surface area contributed by atoms with E-state index in [4.69, 9.17) is 0 Å². The molecular formula is C16H11BrN6. The zero-order valence-corrected chi connectivity index (χ0v) is 13.4. The number of para-hydroxylation sites is 1. The summed E-state index contributed by atoms with van der Waals surface area (Å²) in [6, 6.07) is 13.7. The molecule has 0 saturated carbocycles. The van der Waals surface area contributed by atoms with Crippen LogP contribution in [0.4, 0.5) is 11.6 Å². The number of benzene rings is 1. The van der Waals surface area contributed by atoms with Crippen molar-refractivity contribution in [2.45, 2.75) is 0 Å². The van der Waals surface area contributed by atoms with Gasteiger partial charge in [-0.25, -0.2) is 0 Å². The fraction of sp³-hybridized carbons (Fsp3) is 0. The highest BCUT2D eigenvalue weighted by Crippen LogP contribution is 2.20. The van der Waals surface area contributed by atoms with Gasteiger partial charge in [0.15, 0.2) is 5.82 Å². The van der Waals surface area contributed by atoms with Gasteiger partial charge in [0, 0.05) is 16.1 Å². The van der Waals surface area contributed by atoms with Crippen LogP contribution >= 0.6 is 15.9 Å². The molecule has 1 aromatic carbocycles. The van der Waals surface area contributed by atoms with Crippen molar-refractivity contribution in [3.8, 4) is 11.5 Å². The minimum absolute atomic E-state index is 0.474. The van der Waals surface area contributed by atoms with Gasteiger partial charge in [-0.15, -0.1) is 5.10 Å². The van der Waals surface area contributed by atoms with Crippen LogP contribution in [0.15, 0.2) is 59.3 Å². The van der Waals surface area contributed by atoms with Crippen molar-refractivity contribution >= 4 is 38.5 Å². The molecule has 3 aromatic heterocycles. The molecule has 4 rings (SSSR count). The lowest BCUT2D eigenvalue weighted by Gasteiger charge is -2.02. The maximum atomic E-state index is 4.41. The quantitative estimate of drug-likeness (QED) is 0.574. The second kappa shape index (κ2) is 5.77. The Morgan fingerprint density at radius 2 is 1.91 bits per heavy atom. The van der Waals surface area contributed by atoms with E-state index >= 15 is 0 Å². The lowest BCUT2D eigenvalue weighted by atomic mass is 10.2. The molecule has 0 aliphatic heterocycles. The zero-order chi connectivity index (χ0) is 15.6. The maximum Gasteiger partial charge on any atom is 0.246 e. The van der Waals surface area contributed by atoms with Gasteiger partial charge in [-0.3, -0.25) is 15.1 Å². The first-order chi connectivity index (χ1) is 11.3. The van der Waals surface area contributed by atoms with E-state index in [1.807, 2.05) is 42.5 Å². The van der Waals surface area contributed by atoms with Crippen molar-refractivity contribution in [1.29, 1.82) is 0 Å². The third-order valence-electron chi connectivity index (χ3n) is 3.30. The van der Waals surface area contributed by atoms with Gasteiger partial charge in [0.2, 0.25) is 5.95 Å². The minimum Gasteiger partial charge on any atom is -0.321 e. The van der Waals surface area contributed by atoms with Gasteiger partial charge in [0.1, 0.15) is 5.69 Å².